The van der Waals surface area contributed by atoms with Gasteiger partial charge in [-0.2, -0.15) is 0 Å². The summed E-state index contributed by atoms with van der Waals surface area (Å²) in [7, 11) is 0. The summed E-state index contributed by atoms with van der Waals surface area (Å²) in [6.45, 7) is 0. The number of carbonyl (C=O) groups is 2. The zero-order chi connectivity index (χ0) is 17.6. The molecule has 1 aromatic heterocycles. The molecule has 0 saturated heterocycles. The zero-order valence-electron chi connectivity index (χ0n) is 13.5. The van der Waals surface area contributed by atoms with E-state index in [0.29, 0.717) is 10.6 Å². The predicted molar refractivity (Wildman–Crippen MR) is 101 cm³/mol. The third-order valence-corrected chi connectivity index (χ3v) is 4.81. The number of hydrogen-bond acceptors (Lipinski definition) is 3. The first-order valence-corrected chi connectivity index (χ1v) is 8.80. The summed E-state index contributed by atoms with van der Waals surface area (Å²) in [5.41, 5.74) is 7.82. The maximum absolute atomic E-state index is 12.6. The number of carbonyl (C=O) groups excluding carboxylic acids is 2. The van der Waals surface area contributed by atoms with Crippen LogP contribution in [0.5, 0.6) is 0 Å². The summed E-state index contributed by atoms with van der Waals surface area (Å²) in [5, 5.41) is 5.06. The van der Waals surface area contributed by atoms with E-state index >= 15 is 0 Å². The molecule has 3 N–H and O–H groups in total. The first-order valence-electron chi connectivity index (χ1n) is 7.92. The van der Waals surface area contributed by atoms with Crippen LogP contribution < -0.4 is 11.1 Å². The van der Waals surface area contributed by atoms with Gasteiger partial charge in [-0.25, -0.2) is 0 Å². The third-order valence-electron chi connectivity index (χ3n) is 3.98. The van der Waals surface area contributed by atoms with Crippen LogP contribution in [0.4, 0.5) is 5.00 Å². The molecule has 0 unspecified atom stereocenters. The Morgan fingerprint density at radius 3 is 2.00 bits per heavy atom. The molecule has 2 amide bonds. The van der Waals surface area contributed by atoms with Gasteiger partial charge < -0.3 is 11.1 Å². The Hall–Kier alpha value is -2.92. The van der Waals surface area contributed by atoms with E-state index in [0.717, 1.165) is 11.1 Å². The maximum Gasteiger partial charge on any atom is 0.251 e. The van der Waals surface area contributed by atoms with Crippen LogP contribution in [0.2, 0.25) is 0 Å². The third kappa shape index (κ3) is 4.14. The second kappa shape index (κ2) is 7.77. The predicted octanol–water partition coefficient (Wildman–Crippen LogP) is 4.01. The van der Waals surface area contributed by atoms with Crippen molar-refractivity contribution >= 4 is 28.2 Å². The minimum atomic E-state index is -0.542. The van der Waals surface area contributed by atoms with Crippen LogP contribution in [0.3, 0.4) is 0 Å². The molecule has 5 heteroatoms. The summed E-state index contributed by atoms with van der Waals surface area (Å²) in [6.07, 6.45) is 0.282. The van der Waals surface area contributed by atoms with E-state index in [1.807, 2.05) is 60.7 Å². The van der Waals surface area contributed by atoms with Crippen LogP contribution in [0.25, 0.3) is 0 Å². The Balaban J connectivity index is 1.82. The van der Waals surface area contributed by atoms with Crippen LogP contribution in [-0.4, -0.2) is 11.8 Å². The van der Waals surface area contributed by atoms with E-state index in [4.69, 9.17) is 5.73 Å². The SMILES string of the molecule is NC(=O)c1ccsc1NC(=O)CC(c1ccccc1)c1ccccc1. The number of nitrogens with one attached hydrogen (secondary N) is 1. The monoisotopic (exact) mass is 350 g/mol. The maximum atomic E-state index is 12.6. The number of amides is 2. The standard InChI is InChI=1S/C20H18N2O2S/c21-19(24)16-11-12-25-20(16)22-18(23)13-17(14-7-3-1-4-8-14)15-9-5-2-6-10-15/h1-12,17H,13H2,(H2,21,24)(H,22,23). The van der Waals surface area contributed by atoms with Gasteiger partial charge in [0.15, 0.2) is 0 Å². The number of hydrogen-bond donors (Lipinski definition) is 2. The van der Waals surface area contributed by atoms with Crippen molar-refractivity contribution in [2.75, 3.05) is 5.32 Å². The lowest BCUT2D eigenvalue weighted by Crippen LogP contribution is -2.18. The molecule has 126 valence electrons. The summed E-state index contributed by atoms with van der Waals surface area (Å²) in [4.78, 5) is 24.0. The van der Waals surface area contributed by atoms with E-state index in [9.17, 15) is 9.59 Å². The fourth-order valence-electron chi connectivity index (χ4n) is 2.76. The lowest BCUT2D eigenvalue weighted by atomic mass is 9.88. The molecule has 0 spiro atoms. The van der Waals surface area contributed by atoms with Gasteiger partial charge in [0, 0.05) is 12.3 Å². The number of anilines is 1. The average molecular weight is 350 g/mol. The van der Waals surface area contributed by atoms with E-state index in [2.05, 4.69) is 5.32 Å². The number of primary amides is 1. The molecule has 0 fully saturated rings. The molecule has 3 aromatic rings. The molecule has 25 heavy (non-hydrogen) atoms. The van der Waals surface area contributed by atoms with Crippen molar-refractivity contribution in [2.24, 2.45) is 5.73 Å². The zero-order valence-corrected chi connectivity index (χ0v) is 14.3. The van der Waals surface area contributed by atoms with Crippen molar-refractivity contribution in [1.29, 1.82) is 0 Å². The Bertz CT molecular complexity index is 820. The molecule has 3 rings (SSSR count). The van der Waals surface area contributed by atoms with Crippen molar-refractivity contribution in [3.63, 3.8) is 0 Å². The fraction of sp³-hybridized carbons (Fsp3) is 0.100. The largest absolute Gasteiger partial charge is 0.366 e. The highest BCUT2D eigenvalue weighted by molar-refractivity contribution is 7.14. The second-order valence-electron chi connectivity index (χ2n) is 5.65. The summed E-state index contributed by atoms with van der Waals surface area (Å²) < 4.78 is 0. The smallest absolute Gasteiger partial charge is 0.251 e. The normalized spacial score (nSPS) is 10.6. The van der Waals surface area contributed by atoms with Gasteiger partial charge in [-0.1, -0.05) is 60.7 Å². The van der Waals surface area contributed by atoms with Crippen molar-refractivity contribution in [2.45, 2.75) is 12.3 Å². The highest BCUT2D eigenvalue weighted by Crippen LogP contribution is 2.29. The van der Waals surface area contributed by atoms with Gasteiger partial charge in [-0.05, 0) is 22.6 Å². The van der Waals surface area contributed by atoms with Crippen LogP contribution >= 0.6 is 11.3 Å². The lowest BCUT2D eigenvalue weighted by molar-refractivity contribution is -0.116. The molecular weight excluding hydrogens is 332 g/mol. The van der Waals surface area contributed by atoms with Crippen molar-refractivity contribution in [3.05, 3.63) is 88.8 Å². The first kappa shape index (κ1) is 16.9. The van der Waals surface area contributed by atoms with Gasteiger partial charge in [0.2, 0.25) is 5.91 Å². The van der Waals surface area contributed by atoms with E-state index in [-0.39, 0.29) is 18.2 Å². The highest BCUT2D eigenvalue weighted by Gasteiger charge is 2.19. The van der Waals surface area contributed by atoms with Gasteiger partial charge in [-0.3, -0.25) is 9.59 Å². The second-order valence-corrected chi connectivity index (χ2v) is 6.57. The average Bonchev–Trinajstić information content (AvgIpc) is 3.09. The molecule has 4 nitrogen and oxygen atoms in total. The fourth-order valence-corrected chi connectivity index (χ4v) is 3.57. The Morgan fingerprint density at radius 1 is 0.920 bits per heavy atom. The Morgan fingerprint density at radius 2 is 1.48 bits per heavy atom. The van der Waals surface area contributed by atoms with Crippen LogP contribution in [-0.2, 0) is 4.79 Å². The van der Waals surface area contributed by atoms with Crippen molar-refractivity contribution < 1.29 is 9.59 Å². The summed E-state index contributed by atoms with van der Waals surface area (Å²) in [5.74, 6) is -0.749. The number of nitrogens with two attached hydrogens (primary N) is 1. The van der Waals surface area contributed by atoms with Crippen LogP contribution in [0, 0.1) is 0 Å². The van der Waals surface area contributed by atoms with Crippen molar-refractivity contribution in [1.82, 2.24) is 0 Å². The molecule has 0 aliphatic carbocycles. The first-order chi connectivity index (χ1) is 12.1. The van der Waals surface area contributed by atoms with Crippen molar-refractivity contribution in [3.8, 4) is 0 Å². The molecule has 0 aliphatic rings. The highest BCUT2D eigenvalue weighted by atomic mass is 32.1. The number of thiophene rings is 1. The topological polar surface area (TPSA) is 72.2 Å². The van der Waals surface area contributed by atoms with Gasteiger partial charge in [0.1, 0.15) is 5.00 Å². The van der Waals surface area contributed by atoms with E-state index in [1.165, 1.54) is 11.3 Å². The van der Waals surface area contributed by atoms with Gasteiger partial charge in [0.05, 0.1) is 5.56 Å². The van der Waals surface area contributed by atoms with Gasteiger partial charge >= 0.3 is 0 Å². The molecule has 2 aromatic carbocycles. The molecular formula is C20H18N2O2S. The van der Waals surface area contributed by atoms with E-state index < -0.39 is 5.91 Å². The molecule has 0 bridgehead atoms. The molecule has 0 saturated carbocycles. The van der Waals surface area contributed by atoms with Crippen LogP contribution in [0.1, 0.15) is 33.8 Å². The van der Waals surface area contributed by atoms with Crippen LogP contribution in [0.15, 0.2) is 72.1 Å². The lowest BCUT2D eigenvalue weighted by Gasteiger charge is -2.17. The molecule has 0 aliphatic heterocycles. The minimum absolute atomic E-state index is 0.0561. The Kier molecular flexibility index (Phi) is 5.26. The van der Waals surface area contributed by atoms with Gasteiger partial charge in [-0.15, -0.1) is 11.3 Å². The molecule has 1 heterocycles. The molecule has 0 radical (unpaired) electrons. The number of benzene rings is 2. The summed E-state index contributed by atoms with van der Waals surface area (Å²) in [6, 6.07) is 21.5. The van der Waals surface area contributed by atoms with Gasteiger partial charge in [0.25, 0.3) is 5.91 Å². The molecule has 0 atom stereocenters. The quantitative estimate of drug-likeness (QED) is 0.705. The summed E-state index contributed by atoms with van der Waals surface area (Å²) >= 11 is 1.29. The minimum Gasteiger partial charge on any atom is -0.366 e. The number of rotatable bonds is 6. The Labute approximate surface area is 150 Å². The van der Waals surface area contributed by atoms with E-state index in [1.54, 1.807) is 11.4 Å².